The van der Waals surface area contributed by atoms with Crippen LogP contribution in [0.25, 0.3) is 0 Å². The summed E-state index contributed by atoms with van der Waals surface area (Å²) in [6.07, 6.45) is 5.75. The predicted molar refractivity (Wildman–Crippen MR) is 73.5 cm³/mol. The minimum absolute atomic E-state index is 0.00263. The molecule has 4 heteroatoms. The Morgan fingerprint density at radius 1 is 1.56 bits per heavy atom. The van der Waals surface area contributed by atoms with Crippen LogP contribution in [0.15, 0.2) is 18.2 Å². The van der Waals surface area contributed by atoms with Crippen molar-refractivity contribution in [2.24, 2.45) is 5.92 Å². The van der Waals surface area contributed by atoms with E-state index in [1.54, 1.807) is 4.90 Å². The molecule has 1 aliphatic heterocycles. The second kappa shape index (κ2) is 4.64. The first-order valence-corrected chi connectivity index (χ1v) is 6.29. The standard InChI is InChI=1S/C12H9ClINO/c1-2-8-5-12(16)15(7-8)11-4-3-9(14)6-10(11)13/h1,3-4,6,8H,5,7H2. The van der Waals surface area contributed by atoms with Gasteiger partial charge in [-0.15, -0.1) is 12.3 Å². The molecule has 0 radical (unpaired) electrons. The predicted octanol–water partition coefficient (Wildman–Crippen LogP) is 2.93. The molecular formula is C12H9ClINO. The van der Waals surface area contributed by atoms with Gasteiger partial charge in [0.1, 0.15) is 0 Å². The molecule has 1 heterocycles. The molecule has 1 aliphatic rings. The maximum absolute atomic E-state index is 11.8. The molecule has 16 heavy (non-hydrogen) atoms. The van der Waals surface area contributed by atoms with Crippen LogP contribution in [0.5, 0.6) is 0 Å². The molecule has 0 aliphatic carbocycles. The molecule has 0 saturated carbocycles. The number of rotatable bonds is 1. The van der Waals surface area contributed by atoms with Crippen molar-refractivity contribution in [3.63, 3.8) is 0 Å². The van der Waals surface area contributed by atoms with Gasteiger partial charge in [0, 0.05) is 22.5 Å². The molecule has 2 rings (SSSR count). The van der Waals surface area contributed by atoms with E-state index in [0.29, 0.717) is 18.0 Å². The lowest BCUT2D eigenvalue weighted by molar-refractivity contribution is -0.117. The van der Waals surface area contributed by atoms with Gasteiger partial charge in [-0.1, -0.05) is 11.6 Å². The lowest BCUT2D eigenvalue weighted by Gasteiger charge is -2.17. The van der Waals surface area contributed by atoms with Gasteiger partial charge in [-0.3, -0.25) is 4.79 Å². The van der Waals surface area contributed by atoms with E-state index in [0.717, 1.165) is 9.26 Å². The molecule has 0 bridgehead atoms. The van der Waals surface area contributed by atoms with Gasteiger partial charge in [-0.05, 0) is 40.8 Å². The number of carbonyl (C=O) groups is 1. The van der Waals surface area contributed by atoms with Gasteiger partial charge < -0.3 is 4.90 Å². The summed E-state index contributed by atoms with van der Waals surface area (Å²) in [4.78, 5) is 13.4. The zero-order chi connectivity index (χ0) is 11.7. The molecule has 1 saturated heterocycles. The van der Waals surface area contributed by atoms with E-state index < -0.39 is 0 Å². The van der Waals surface area contributed by atoms with Crippen molar-refractivity contribution in [1.29, 1.82) is 0 Å². The van der Waals surface area contributed by atoms with E-state index in [2.05, 4.69) is 28.5 Å². The van der Waals surface area contributed by atoms with Gasteiger partial charge >= 0.3 is 0 Å². The summed E-state index contributed by atoms with van der Waals surface area (Å²) in [6, 6.07) is 5.63. The van der Waals surface area contributed by atoms with Crippen LogP contribution >= 0.6 is 34.2 Å². The van der Waals surface area contributed by atoms with Crippen molar-refractivity contribution < 1.29 is 4.79 Å². The Balaban J connectivity index is 2.32. The molecule has 0 spiro atoms. The normalized spacial score (nSPS) is 19.9. The molecule has 1 atom stereocenters. The zero-order valence-electron chi connectivity index (χ0n) is 8.41. The summed E-state index contributed by atoms with van der Waals surface area (Å²) in [5, 5.41) is 0.595. The van der Waals surface area contributed by atoms with Crippen molar-refractivity contribution in [3.05, 3.63) is 26.8 Å². The van der Waals surface area contributed by atoms with Crippen molar-refractivity contribution in [3.8, 4) is 12.3 Å². The van der Waals surface area contributed by atoms with Crippen LogP contribution in [0.2, 0.25) is 5.02 Å². The number of carbonyl (C=O) groups excluding carboxylic acids is 1. The number of benzene rings is 1. The van der Waals surface area contributed by atoms with Crippen LogP contribution < -0.4 is 4.90 Å². The van der Waals surface area contributed by atoms with Crippen LogP contribution in [-0.2, 0) is 4.79 Å². The number of nitrogens with zero attached hydrogens (tertiary/aromatic N) is 1. The maximum Gasteiger partial charge on any atom is 0.228 e. The molecule has 2 nitrogen and oxygen atoms in total. The molecule has 82 valence electrons. The van der Waals surface area contributed by atoms with E-state index >= 15 is 0 Å². The van der Waals surface area contributed by atoms with Crippen LogP contribution in [0.3, 0.4) is 0 Å². The second-order valence-electron chi connectivity index (χ2n) is 3.67. The van der Waals surface area contributed by atoms with Crippen LogP contribution in [0, 0.1) is 21.8 Å². The first-order valence-electron chi connectivity index (χ1n) is 4.83. The number of terminal acetylenes is 1. The van der Waals surface area contributed by atoms with E-state index in [4.69, 9.17) is 18.0 Å². The number of amides is 1. The summed E-state index contributed by atoms with van der Waals surface area (Å²) in [6.45, 7) is 0.565. The molecule has 1 unspecified atom stereocenters. The van der Waals surface area contributed by atoms with Crippen LogP contribution in [0.4, 0.5) is 5.69 Å². The lowest BCUT2D eigenvalue weighted by atomic mass is 10.1. The lowest BCUT2D eigenvalue weighted by Crippen LogP contribution is -2.24. The Kier molecular flexibility index (Phi) is 3.41. The Hall–Kier alpha value is -0.730. The first kappa shape index (κ1) is 11.7. The molecule has 1 aromatic carbocycles. The molecule has 0 N–H and O–H groups in total. The first-order chi connectivity index (χ1) is 7.61. The zero-order valence-corrected chi connectivity index (χ0v) is 11.3. The number of anilines is 1. The van der Waals surface area contributed by atoms with Gasteiger partial charge in [0.25, 0.3) is 0 Å². The Morgan fingerprint density at radius 3 is 2.88 bits per heavy atom. The summed E-state index contributed by atoms with van der Waals surface area (Å²) >= 11 is 8.30. The molecule has 0 aromatic heterocycles. The van der Waals surface area contributed by atoms with Crippen molar-refractivity contribution in [2.45, 2.75) is 6.42 Å². The van der Waals surface area contributed by atoms with Crippen molar-refractivity contribution in [1.82, 2.24) is 0 Å². The second-order valence-corrected chi connectivity index (χ2v) is 5.32. The SMILES string of the molecule is C#CC1CC(=O)N(c2ccc(I)cc2Cl)C1. The van der Waals surface area contributed by atoms with Crippen LogP contribution in [-0.4, -0.2) is 12.5 Å². The Labute approximate surface area is 113 Å². The van der Waals surface area contributed by atoms with Gasteiger partial charge in [0.2, 0.25) is 5.91 Å². The summed E-state index contributed by atoms with van der Waals surface area (Å²) < 4.78 is 1.05. The van der Waals surface area contributed by atoms with E-state index in [9.17, 15) is 4.79 Å². The fourth-order valence-corrected chi connectivity index (χ4v) is 2.71. The highest BCUT2D eigenvalue weighted by atomic mass is 127. The molecule has 1 amide bonds. The van der Waals surface area contributed by atoms with Crippen molar-refractivity contribution >= 4 is 45.8 Å². The highest BCUT2D eigenvalue weighted by Gasteiger charge is 2.30. The quantitative estimate of drug-likeness (QED) is 0.566. The summed E-state index contributed by atoms with van der Waals surface area (Å²) in [5.74, 6) is 2.67. The topological polar surface area (TPSA) is 20.3 Å². The summed E-state index contributed by atoms with van der Waals surface area (Å²) in [7, 11) is 0. The maximum atomic E-state index is 11.8. The van der Waals surface area contributed by atoms with Gasteiger partial charge in [-0.25, -0.2) is 0 Å². The third-order valence-electron chi connectivity index (χ3n) is 2.56. The minimum Gasteiger partial charge on any atom is -0.310 e. The fraction of sp³-hybridized carbons (Fsp3) is 0.250. The van der Waals surface area contributed by atoms with E-state index in [1.807, 2.05) is 18.2 Å². The smallest absolute Gasteiger partial charge is 0.228 e. The monoisotopic (exact) mass is 345 g/mol. The minimum atomic E-state index is 0.00263. The Bertz CT molecular complexity index is 480. The van der Waals surface area contributed by atoms with E-state index in [-0.39, 0.29) is 11.8 Å². The van der Waals surface area contributed by atoms with Crippen LogP contribution in [0.1, 0.15) is 6.42 Å². The molecule has 1 aromatic rings. The molecular weight excluding hydrogens is 336 g/mol. The van der Waals surface area contributed by atoms with Crippen molar-refractivity contribution in [2.75, 3.05) is 11.4 Å². The third-order valence-corrected chi connectivity index (χ3v) is 3.53. The number of hydrogen-bond donors (Lipinski definition) is 0. The van der Waals surface area contributed by atoms with E-state index in [1.165, 1.54) is 0 Å². The highest BCUT2D eigenvalue weighted by Crippen LogP contribution is 2.32. The summed E-state index contributed by atoms with van der Waals surface area (Å²) in [5.41, 5.74) is 0.754. The Morgan fingerprint density at radius 2 is 2.31 bits per heavy atom. The number of hydrogen-bond acceptors (Lipinski definition) is 1. The van der Waals surface area contributed by atoms with Gasteiger partial charge in [0.15, 0.2) is 0 Å². The third kappa shape index (κ3) is 2.18. The highest BCUT2D eigenvalue weighted by molar-refractivity contribution is 14.1. The van der Waals surface area contributed by atoms with Gasteiger partial charge in [0.05, 0.1) is 10.7 Å². The fourth-order valence-electron chi connectivity index (χ4n) is 1.75. The number of halogens is 2. The van der Waals surface area contributed by atoms with Gasteiger partial charge in [-0.2, -0.15) is 0 Å². The average Bonchev–Trinajstić information content (AvgIpc) is 2.60. The molecule has 1 fully saturated rings. The largest absolute Gasteiger partial charge is 0.310 e. The average molecular weight is 346 g/mol.